The zero-order chi connectivity index (χ0) is 14.9. The average Bonchev–Trinajstić information content (AvgIpc) is 2.89. The van der Waals surface area contributed by atoms with Gasteiger partial charge in [0.05, 0.1) is 23.3 Å². The van der Waals surface area contributed by atoms with Crippen LogP contribution in [0.1, 0.15) is 37.9 Å². The van der Waals surface area contributed by atoms with Crippen LogP contribution in [0.25, 0.3) is 0 Å². The van der Waals surface area contributed by atoms with Crippen LogP contribution >= 0.6 is 23.4 Å². The molecular weight excluding hydrogens is 308 g/mol. The molecule has 5 heteroatoms. The molecule has 116 valence electrons. The van der Waals surface area contributed by atoms with E-state index in [0.29, 0.717) is 10.8 Å². The molecule has 3 rings (SSSR count). The van der Waals surface area contributed by atoms with Gasteiger partial charge in [-0.3, -0.25) is 0 Å². The summed E-state index contributed by atoms with van der Waals surface area (Å²) in [6.45, 7) is 2.49. The van der Waals surface area contributed by atoms with Crippen molar-refractivity contribution in [1.82, 2.24) is 0 Å². The van der Waals surface area contributed by atoms with E-state index in [0.717, 1.165) is 37.2 Å². The standard InChI is InChI=1S/C16H21ClO3S/c1-11(18)12-2-3-15(14(17)8-12)20-13-4-6-19-16(9-13)5-7-21-10-16/h2-3,8,11,13,18H,4-7,9-10H2,1H3/t11-,13?,16?/m0/s1. The Morgan fingerprint density at radius 3 is 3.05 bits per heavy atom. The van der Waals surface area contributed by atoms with Gasteiger partial charge in [0.2, 0.25) is 0 Å². The molecule has 2 unspecified atom stereocenters. The molecule has 1 N–H and O–H groups in total. The maximum absolute atomic E-state index is 9.58. The van der Waals surface area contributed by atoms with Crippen molar-refractivity contribution in [3.05, 3.63) is 28.8 Å². The first-order valence-electron chi connectivity index (χ1n) is 7.44. The Labute approximate surface area is 135 Å². The SMILES string of the molecule is C[C@H](O)c1ccc(OC2CCOC3(CCSC3)C2)c(Cl)c1. The van der Waals surface area contributed by atoms with Crippen molar-refractivity contribution in [3.63, 3.8) is 0 Å². The zero-order valence-electron chi connectivity index (χ0n) is 12.2. The van der Waals surface area contributed by atoms with E-state index in [-0.39, 0.29) is 11.7 Å². The highest BCUT2D eigenvalue weighted by Gasteiger charge is 2.41. The lowest BCUT2D eigenvalue weighted by Crippen LogP contribution is -2.43. The molecule has 0 aromatic heterocycles. The summed E-state index contributed by atoms with van der Waals surface area (Å²) in [6.07, 6.45) is 2.60. The number of ether oxygens (including phenoxy) is 2. The topological polar surface area (TPSA) is 38.7 Å². The quantitative estimate of drug-likeness (QED) is 0.915. The second-order valence-corrected chi connectivity index (χ2v) is 7.44. The van der Waals surface area contributed by atoms with Crippen LogP contribution in [0.2, 0.25) is 5.02 Å². The number of hydrogen-bond donors (Lipinski definition) is 1. The molecule has 2 saturated heterocycles. The minimum absolute atomic E-state index is 0.0135. The summed E-state index contributed by atoms with van der Waals surface area (Å²) in [5.74, 6) is 2.95. The van der Waals surface area contributed by atoms with E-state index in [1.807, 2.05) is 23.9 Å². The van der Waals surface area contributed by atoms with Crippen LogP contribution in [0.5, 0.6) is 5.75 Å². The minimum Gasteiger partial charge on any atom is -0.489 e. The fourth-order valence-corrected chi connectivity index (χ4v) is 4.61. The predicted molar refractivity (Wildman–Crippen MR) is 86.4 cm³/mol. The second-order valence-electron chi connectivity index (χ2n) is 5.93. The van der Waals surface area contributed by atoms with E-state index in [1.165, 1.54) is 5.75 Å². The first kappa shape index (κ1) is 15.5. The Morgan fingerprint density at radius 1 is 1.52 bits per heavy atom. The van der Waals surface area contributed by atoms with Gasteiger partial charge in [0.15, 0.2) is 0 Å². The van der Waals surface area contributed by atoms with Gasteiger partial charge < -0.3 is 14.6 Å². The maximum Gasteiger partial charge on any atom is 0.138 e. The van der Waals surface area contributed by atoms with Gasteiger partial charge in [-0.2, -0.15) is 11.8 Å². The van der Waals surface area contributed by atoms with Crippen LogP contribution in [-0.2, 0) is 4.74 Å². The van der Waals surface area contributed by atoms with Crippen LogP contribution in [0.15, 0.2) is 18.2 Å². The highest BCUT2D eigenvalue weighted by molar-refractivity contribution is 7.99. The molecule has 3 nitrogen and oxygen atoms in total. The fraction of sp³-hybridized carbons (Fsp3) is 0.625. The molecule has 21 heavy (non-hydrogen) atoms. The van der Waals surface area contributed by atoms with Crippen LogP contribution in [0.4, 0.5) is 0 Å². The van der Waals surface area contributed by atoms with E-state index in [1.54, 1.807) is 13.0 Å². The molecule has 0 radical (unpaired) electrons. The molecular formula is C16H21ClO3S. The van der Waals surface area contributed by atoms with E-state index in [9.17, 15) is 5.11 Å². The molecule has 1 aromatic carbocycles. The monoisotopic (exact) mass is 328 g/mol. The second kappa shape index (κ2) is 6.37. The maximum atomic E-state index is 9.58. The van der Waals surface area contributed by atoms with Crippen LogP contribution < -0.4 is 4.74 Å². The van der Waals surface area contributed by atoms with Gasteiger partial charge in [0.25, 0.3) is 0 Å². The number of thioether (sulfide) groups is 1. The van der Waals surface area contributed by atoms with Crippen molar-refractivity contribution >= 4 is 23.4 Å². The number of aliphatic hydroxyl groups excluding tert-OH is 1. The van der Waals surface area contributed by atoms with Crippen LogP contribution in [0, 0.1) is 0 Å². The van der Waals surface area contributed by atoms with Gasteiger partial charge in [-0.1, -0.05) is 17.7 Å². The zero-order valence-corrected chi connectivity index (χ0v) is 13.8. The Balaban J connectivity index is 1.68. The first-order valence-corrected chi connectivity index (χ1v) is 8.97. The highest BCUT2D eigenvalue weighted by atomic mass is 35.5. The first-order chi connectivity index (χ1) is 10.1. The largest absolute Gasteiger partial charge is 0.489 e. The summed E-state index contributed by atoms with van der Waals surface area (Å²) >= 11 is 8.23. The Hall–Kier alpha value is -0.420. The molecule has 3 atom stereocenters. The van der Waals surface area contributed by atoms with Crippen molar-refractivity contribution in [2.45, 2.75) is 44.0 Å². The Bertz CT molecular complexity index is 500. The van der Waals surface area contributed by atoms with E-state index < -0.39 is 6.10 Å². The van der Waals surface area contributed by atoms with Crippen molar-refractivity contribution in [2.75, 3.05) is 18.1 Å². The molecule has 1 aromatic rings. The number of hydrogen-bond acceptors (Lipinski definition) is 4. The molecule has 2 aliphatic heterocycles. The lowest BCUT2D eigenvalue weighted by Gasteiger charge is -2.37. The van der Waals surface area contributed by atoms with Crippen molar-refractivity contribution in [2.24, 2.45) is 0 Å². The molecule has 1 spiro atoms. The summed E-state index contributed by atoms with van der Waals surface area (Å²) < 4.78 is 12.1. The van der Waals surface area contributed by atoms with Crippen molar-refractivity contribution < 1.29 is 14.6 Å². The smallest absolute Gasteiger partial charge is 0.138 e. The summed E-state index contributed by atoms with van der Waals surface area (Å²) in [7, 11) is 0. The van der Waals surface area contributed by atoms with E-state index in [2.05, 4.69) is 0 Å². The normalized spacial score (nSPS) is 30.5. The third kappa shape index (κ3) is 3.50. The van der Waals surface area contributed by atoms with Gasteiger partial charge in [-0.15, -0.1) is 0 Å². The highest BCUT2D eigenvalue weighted by Crippen LogP contribution is 2.40. The lowest BCUT2D eigenvalue weighted by molar-refractivity contribution is -0.0958. The molecule has 0 amide bonds. The number of halogens is 1. The van der Waals surface area contributed by atoms with Crippen LogP contribution in [-0.4, -0.2) is 34.9 Å². The van der Waals surface area contributed by atoms with Crippen LogP contribution in [0.3, 0.4) is 0 Å². The van der Waals surface area contributed by atoms with Gasteiger partial charge in [0, 0.05) is 18.6 Å². The van der Waals surface area contributed by atoms with Crippen molar-refractivity contribution in [3.8, 4) is 5.75 Å². The van der Waals surface area contributed by atoms with Gasteiger partial charge in [-0.05, 0) is 36.8 Å². The molecule has 0 saturated carbocycles. The fourth-order valence-electron chi connectivity index (χ4n) is 3.00. The third-order valence-corrected chi connectivity index (χ3v) is 5.77. The average molecular weight is 329 g/mol. The number of benzene rings is 1. The molecule has 2 fully saturated rings. The van der Waals surface area contributed by atoms with Gasteiger partial charge in [-0.25, -0.2) is 0 Å². The van der Waals surface area contributed by atoms with E-state index in [4.69, 9.17) is 21.1 Å². The lowest BCUT2D eigenvalue weighted by atomic mass is 9.91. The molecule has 2 aliphatic rings. The Kier molecular flexibility index (Phi) is 4.69. The van der Waals surface area contributed by atoms with E-state index >= 15 is 0 Å². The molecule has 0 bridgehead atoms. The summed E-state index contributed by atoms with van der Waals surface area (Å²) in [5.41, 5.74) is 0.822. The minimum atomic E-state index is -0.515. The van der Waals surface area contributed by atoms with Crippen molar-refractivity contribution in [1.29, 1.82) is 0 Å². The molecule has 2 heterocycles. The predicted octanol–water partition coefficient (Wildman–Crippen LogP) is 3.83. The summed E-state index contributed by atoms with van der Waals surface area (Å²) in [5, 5.41) is 10.1. The van der Waals surface area contributed by atoms with Gasteiger partial charge in [0.1, 0.15) is 11.9 Å². The molecule has 0 aliphatic carbocycles. The van der Waals surface area contributed by atoms with Gasteiger partial charge >= 0.3 is 0 Å². The third-order valence-electron chi connectivity index (χ3n) is 4.25. The summed E-state index contributed by atoms with van der Waals surface area (Å²) in [4.78, 5) is 0. The summed E-state index contributed by atoms with van der Waals surface area (Å²) in [6, 6.07) is 5.50. The number of rotatable bonds is 3. The number of aliphatic hydroxyl groups is 1. The Morgan fingerprint density at radius 2 is 2.38 bits per heavy atom.